The topological polar surface area (TPSA) is 158 Å². The lowest BCUT2D eigenvalue weighted by atomic mass is 9.70. The SMILES string of the molecule is CCC(=O)OCc1cc(C(C)(CCc2cc(C)c(OC(C)=O)c(COC(C)=O)c2)c2cc(C)c(OC(C)=O)c(COC(C)=O)c2)cc(C)c1OC(C)=O. The summed E-state index contributed by atoms with van der Waals surface area (Å²) in [5, 5.41) is 0. The summed E-state index contributed by atoms with van der Waals surface area (Å²) >= 11 is 0. The van der Waals surface area contributed by atoms with Gasteiger partial charge in [-0.25, -0.2) is 0 Å². The van der Waals surface area contributed by atoms with Gasteiger partial charge in [0.25, 0.3) is 0 Å². The number of carbonyl (C=O) groups excluding carboxylic acids is 6. The molecule has 0 radical (unpaired) electrons. The third-order valence-electron chi connectivity index (χ3n) is 8.58. The molecule has 3 rings (SSSR count). The molecule has 0 saturated heterocycles. The number of aryl methyl sites for hydroxylation is 4. The van der Waals surface area contributed by atoms with E-state index in [9.17, 15) is 28.8 Å². The molecule has 0 aromatic heterocycles. The summed E-state index contributed by atoms with van der Waals surface area (Å²) in [5.41, 5.74) is 5.04. The van der Waals surface area contributed by atoms with Crippen LogP contribution in [0.15, 0.2) is 36.4 Å². The highest BCUT2D eigenvalue weighted by Crippen LogP contribution is 2.43. The van der Waals surface area contributed by atoms with E-state index in [-0.39, 0.29) is 37.7 Å². The zero-order chi connectivity index (χ0) is 39.6. The Hall–Kier alpha value is -5.52. The van der Waals surface area contributed by atoms with E-state index in [4.69, 9.17) is 28.4 Å². The number of hydrogen-bond donors (Lipinski definition) is 0. The fourth-order valence-electron chi connectivity index (χ4n) is 6.06. The number of rotatable bonds is 15. The summed E-state index contributed by atoms with van der Waals surface area (Å²) in [6, 6.07) is 11.2. The zero-order valence-electron chi connectivity index (χ0n) is 32.1. The molecule has 0 aliphatic rings. The van der Waals surface area contributed by atoms with Crippen molar-refractivity contribution in [2.45, 2.75) is 114 Å². The van der Waals surface area contributed by atoms with Crippen molar-refractivity contribution < 1.29 is 57.2 Å². The molecule has 3 aromatic rings. The first-order valence-electron chi connectivity index (χ1n) is 17.2. The van der Waals surface area contributed by atoms with Crippen LogP contribution in [-0.2, 0) is 74.6 Å². The minimum atomic E-state index is -0.827. The van der Waals surface area contributed by atoms with Gasteiger partial charge in [0, 0.05) is 63.1 Å². The average molecular weight is 733 g/mol. The Labute approximate surface area is 310 Å². The van der Waals surface area contributed by atoms with Crippen molar-refractivity contribution in [3.05, 3.63) is 86.5 Å². The maximum absolute atomic E-state index is 12.2. The number of hydrogen-bond acceptors (Lipinski definition) is 12. The van der Waals surface area contributed by atoms with Crippen LogP contribution in [0, 0.1) is 20.8 Å². The van der Waals surface area contributed by atoms with Crippen molar-refractivity contribution in [3.8, 4) is 17.2 Å². The molecular weight excluding hydrogens is 684 g/mol. The number of carbonyl (C=O) groups is 6. The van der Waals surface area contributed by atoms with E-state index >= 15 is 0 Å². The normalized spacial score (nSPS) is 11.9. The van der Waals surface area contributed by atoms with E-state index in [0.29, 0.717) is 52.0 Å². The van der Waals surface area contributed by atoms with Gasteiger partial charge in [-0.2, -0.15) is 0 Å². The molecule has 0 N–H and O–H groups in total. The van der Waals surface area contributed by atoms with Crippen molar-refractivity contribution in [1.29, 1.82) is 0 Å². The highest BCUT2D eigenvalue weighted by Gasteiger charge is 2.33. The van der Waals surface area contributed by atoms with Crippen LogP contribution in [0.5, 0.6) is 17.2 Å². The first-order chi connectivity index (χ1) is 24.8. The molecule has 1 unspecified atom stereocenters. The van der Waals surface area contributed by atoms with Crippen molar-refractivity contribution in [2.75, 3.05) is 0 Å². The molecule has 0 spiro atoms. The fourth-order valence-corrected chi connectivity index (χ4v) is 6.06. The van der Waals surface area contributed by atoms with Gasteiger partial charge in [-0.15, -0.1) is 0 Å². The van der Waals surface area contributed by atoms with Gasteiger partial charge in [-0.3, -0.25) is 28.8 Å². The second-order valence-corrected chi connectivity index (χ2v) is 13.2. The zero-order valence-corrected chi connectivity index (χ0v) is 32.1. The molecule has 12 nitrogen and oxygen atoms in total. The molecule has 284 valence electrons. The van der Waals surface area contributed by atoms with Gasteiger partial charge in [0.1, 0.15) is 37.1 Å². The van der Waals surface area contributed by atoms with Crippen molar-refractivity contribution >= 4 is 35.8 Å². The van der Waals surface area contributed by atoms with Gasteiger partial charge in [-0.05, 0) is 85.2 Å². The predicted octanol–water partition coefficient (Wildman–Crippen LogP) is 6.91. The Bertz CT molecular complexity index is 1910. The Morgan fingerprint density at radius 1 is 0.528 bits per heavy atom. The molecule has 0 bridgehead atoms. The lowest BCUT2D eigenvalue weighted by Gasteiger charge is -2.34. The minimum Gasteiger partial charge on any atom is -0.461 e. The summed E-state index contributed by atoms with van der Waals surface area (Å²) in [5.74, 6) is -2.11. The highest BCUT2D eigenvalue weighted by molar-refractivity contribution is 5.73. The third-order valence-corrected chi connectivity index (χ3v) is 8.58. The van der Waals surface area contributed by atoms with Gasteiger partial charge in [-0.1, -0.05) is 32.0 Å². The molecule has 1 atom stereocenters. The summed E-state index contributed by atoms with van der Waals surface area (Å²) in [6.07, 6.45) is 1.10. The van der Waals surface area contributed by atoms with E-state index in [0.717, 1.165) is 16.7 Å². The molecule has 3 aromatic carbocycles. The number of ether oxygens (including phenoxy) is 6. The first-order valence-corrected chi connectivity index (χ1v) is 17.2. The number of benzene rings is 3. The average Bonchev–Trinajstić information content (AvgIpc) is 3.06. The van der Waals surface area contributed by atoms with Crippen LogP contribution >= 0.6 is 0 Å². The molecular formula is C41H48O12. The Morgan fingerprint density at radius 3 is 1.28 bits per heavy atom. The van der Waals surface area contributed by atoms with E-state index in [1.54, 1.807) is 27.7 Å². The van der Waals surface area contributed by atoms with E-state index in [1.807, 2.05) is 43.3 Å². The lowest BCUT2D eigenvalue weighted by molar-refractivity contribution is -0.145. The van der Waals surface area contributed by atoms with Gasteiger partial charge < -0.3 is 28.4 Å². The van der Waals surface area contributed by atoms with Gasteiger partial charge >= 0.3 is 35.8 Å². The fraction of sp³-hybridized carbons (Fsp3) is 0.415. The van der Waals surface area contributed by atoms with Crippen molar-refractivity contribution in [2.24, 2.45) is 0 Å². The smallest absolute Gasteiger partial charge is 0.308 e. The first kappa shape index (κ1) is 41.9. The minimum absolute atomic E-state index is 0.100. The summed E-state index contributed by atoms with van der Waals surface area (Å²) in [6.45, 7) is 15.2. The second kappa shape index (κ2) is 18.3. The molecule has 0 aliphatic carbocycles. The molecule has 0 fully saturated rings. The largest absolute Gasteiger partial charge is 0.461 e. The molecule has 0 heterocycles. The quantitative estimate of drug-likeness (QED) is 0.0905. The maximum atomic E-state index is 12.2. The summed E-state index contributed by atoms with van der Waals surface area (Å²) < 4.78 is 32.8. The molecule has 0 amide bonds. The van der Waals surface area contributed by atoms with Crippen molar-refractivity contribution in [1.82, 2.24) is 0 Å². The van der Waals surface area contributed by atoms with E-state index < -0.39 is 41.2 Å². The van der Waals surface area contributed by atoms with Gasteiger partial charge in [0.15, 0.2) is 0 Å². The number of esters is 6. The van der Waals surface area contributed by atoms with Crippen molar-refractivity contribution in [3.63, 3.8) is 0 Å². The van der Waals surface area contributed by atoms with Crippen LogP contribution in [-0.4, -0.2) is 35.8 Å². The predicted molar refractivity (Wildman–Crippen MR) is 193 cm³/mol. The lowest BCUT2D eigenvalue weighted by Crippen LogP contribution is -2.26. The van der Waals surface area contributed by atoms with Crippen LogP contribution in [0.25, 0.3) is 0 Å². The Balaban J connectivity index is 2.31. The molecule has 0 aliphatic heterocycles. The monoisotopic (exact) mass is 732 g/mol. The van der Waals surface area contributed by atoms with E-state index in [2.05, 4.69) is 0 Å². The van der Waals surface area contributed by atoms with Gasteiger partial charge in [0.2, 0.25) is 0 Å². The maximum Gasteiger partial charge on any atom is 0.308 e. The molecule has 12 heteroatoms. The van der Waals surface area contributed by atoms with Gasteiger partial charge in [0.05, 0.1) is 0 Å². The van der Waals surface area contributed by atoms with E-state index in [1.165, 1.54) is 34.6 Å². The Kier molecular flexibility index (Phi) is 14.5. The Morgan fingerprint density at radius 2 is 0.906 bits per heavy atom. The highest BCUT2D eigenvalue weighted by atomic mass is 16.6. The summed E-state index contributed by atoms with van der Waals surface area (Å²) in [7, 11) is 0. The second-order valence-electron chi connectivity index (χ2n) is 13.2. The summed E-state index contributed by atoms with van der Waals surface area (Å²) in [4.78, 5) is 72.0. The van der Waals surface area contributed by atoms with Crippen LogP contribution in [0.4, 0.5) is 0 Å². The third kappa shape index (κ3) is 11.5. The molecule has 0 saturated carbocycles. The van der Waals surface area contributed by atoms with Crippen LogP contribution in [0.2, 0.25) is 0 Å². The van der Waals surface area contributed by atoms with Crippen LogP contribution in [0.3, 0.4) is 0 Å². The standard InChI is InChI=1S/C41H48O12/c1-11-37(47)50-22-34-19-36(16-25(4)40(34)53-30(9)46)41(10,35-15-24(3)39(52-29(8)45)33(18-35)21-49-27(6)43)13-12-31-14-23(2)38(51-28(7)44)32(17-31)20-48-26(5)42/h14-19H,11-13,20-22H2,1-10H3. The molecule has 53 heavy (non-hydrogen) atoms. The van der Waals surface area contributed by atoms with Crippen LogP contribution < -0.4 is 14.2 Å². The van der Waals surface area contributed by atoms with Crippen LogP contribution in [0.1, 0.15) is 111 Å².